The van der Waals surface area contributed by atoms with Crippen molar-refractivity contribution in [3.05, 3.63) is 34.3 Å². The van der Waals surface area contributed by atoms with Gasteiger partial charge in [0.1, 0.15) is 0 Å². The zero-order valence-corrected chi connectivity index (χ0v) is 14.4. The molecule has 2 rings (SSSR count). The zero-order valence-electron chi connectivity index (χ0n) is 12.8. The number of hydrogen-bond donors (Lipinski definition) is 3. The Kier molecular flexibility index (Phi) is 5.97. The molecular weight excluding hydrogens is 346 g/mol. The van der Waals surface area contributed by atoms with Crippen LogP contribution in [-0.4, -0.2) is 31.4 Å². The number of hydrogen-bond acceptors (Lipinski definition) is 2. The Morgan fingerprint density at radius 2 is 2.00 bits per heavy atom. The second-order valence-corrected chi connectivity index (χ2v) is 6.77. The largest absolute Gasteiger partial charge is 0.369 e. The lowest BCUT2D eigenvalue weighted by atomic mass is 9.96. The lowest BCUT2D eigenvalue weighted by molar-refractivity contribution is -0.897. The predicted octanol–water partition coefficient (Wildman–Crippen LogP) is 0.407. The first-order valence-corrected chi connectivity index (χ1v) is 8.43. The van der Waals surface area contributed by atoms with Crippen molar-refractivity contribution in [2.24, 2.45) is 11.7 Å². The molecule has 22 heavy (non-hydrogen) atoms. The monoisotopic (exact) mass is 368 g/mol. The van der Waals surface area contributed by atoms with Crippen LogP contribution in [0.25, 0.3) is 0 Å². The van der Waals surface area contributed by atoms with Crippen LogP contribution >= 0.6 is 15.9 Å². The molecule has 1 aliphatic heterocycles. The van der Waals surface area contributed by atoms with E-state index >= 15 is 0 Å². The fourth-order valence-electron chi connectivity index (χ4n) is 2.91. The van der Waals surface area contributed by atoms with Gasteiger partial charge in [0.25, 0.3) is 5.91 Å². The van der Waals surface area contributed by atoms with Crippen LogP contribution in [0.4, 0.5) is 0 Å². The molecule has 4 N–H and O–H groups in total. The topological polar surface area (TPSA) is 76.6 Å². The first kappa shape index (κ1) is 17.0. The van der Waals surface area contributed by atoms with Gasteiger partial charge in [-0.05, 0) is 18.6 Å². The number of primary amides is 1. The maximum Gasteiger partial charge on any atom is 0.275 e. The molecule has 1 aliphatic rings. The number of nitrogens with two attached hydrogens (primary N) is 1. The molecular formula is C16H23BrN3O2+. The summed E-state index contributed by atoms with van der Waals surface area (Å²) in [5.41, 5.74) is 6.39. The average Bonchev–Trinajstić information content (AvgIpc) is 2.48. The summed E-state index contributed by atoms with van der Waals surface area (Å²) in [7, 11) is 0. The number of halogens is 1. The molecule has 5 nitrogen and oxygen atoms in total. The Hall–Kier alpha value is -1.40. The highest BCUT2D eigenvalue weighted by molar-refractivity contribution is 9.10. The Balaban J connectivity index is 1.81. The van der Waals surface area contributed by atoms with Crippen molar-refractivity contribution >= 4 is 27.7 Å². The average molecular weight is 369 g/mol. The number of quaternary nitrogens is 1. The molecule has 0 aliphatic carbocycles. The highest BCUT2D eigenvalue weighted by Gasteiger charge is 2.27. The second-order valence-electron chi connectivity index (χ2n) is 5.91. The van der Waals surface area contributed by atoms with E-state index in [0.29, 0.717) is 6.54 Å². The number of likely N-dealkylation sites (tertiary alicyclic amines) is 1. The normalized spacial score (nSPS) is 22.8. The van der Waals surface area contributed by atoms with E-state index in [2.05, 4.69) is 21.2 Å². The quantitative estimate of drug-likeness (QED) is 0.703. The van der Waals surface area contributed by atoms with Gasteiger partial charge < -0.3 is 16.0 Å². The van der Waals surface area contributed by atoms with Gasteiger partial charge in [-0.3, -0.25) is 9.59 Å². The number of benzene rings is 1. The molecule has 1 saturated heterocycles. The van der Waals surface area contributed by atoms with Crippen LogP contribution in [0.1, 0.15) is 31.4 Å². The van der Waals surface area contributed by atoms with Crippen LogP contribution in [0.15, 0.2) is 28.7 Å². The zero-order chi connectivity index (χ0) is 16.1. The van der Waals surface area contributed by atoms with Gasteiger partial charge in [0.15, 0.2) is 6.54 Å². The van der Waals surface area contributed by atoms with Crippen LogP contribution in [0, 0.1) is 5.92 Å². The summed E-state index contributed by atoms with van der Waals surface area (Å²) in [6.07, 6.45) is 1.55. The summed E-state index contributed by atoms with van der Waals surface area (Å²) in [4.78, 5) is 24.5. The second kappa shape index (κ2) is 7.74. The van der Waals surface area contributed by atoms with Gasteiger partial charge in [0.05, 0.1) is 19.1 Å². The third-order valence-corrected chi connectivity index (χ3v) is 4.98. The Labute approximate surface area is 139 Å². The van der Waals surface area contributed by atoms with Gasteiger partial charge in [-0.1, -0.05) is 34.1 Å². The number of piperidine rings is 1. The van der Waals surface area contributed by atoms with Crippen LogP contribution in [0.2, 0.25) is 0 Å². The molecule has 0 spiro atoms. The third-order valence-electron chi connectivity index (χ3n) is 4.25. The fourth-order valence-corrected chi connectivity index (χ4v) is 3.54. The standard InChI is InChI=1S/C16H22BrN3O2/c1-11(13-4-2-3-5-14(13)17)19-15(21)10-20-8-6-12(7-9-20)16(18)22/h2-5,11-12H,6-10H2,1H3,(H2,18,22)(H,19,21)/p+1/t11-/m0/s1. The van der Waals surface area contributed by atoms with E-state index in [1.807, 2.05) is 31.2 Å². The van der Waals surface area contributed by atoms with E-state index in [0.717, 1.165) is 36.0 Å². The molecule has 1 aromatic rings. The highest BCUT2D eigenvalue weighted by atomic mass is 79.9. The van der Waals surface area contributed by atoms with Crippen LogP contribution < -0.4 is 16.0 Å². The fraction of sp³-hybridized carbons (Fsp3) is 0.500. The summed E-state index contributed by atoms with van der Waals surface area (Å²) >= 11 is 3.51. The van der Waals surface area contributed by atoms with E-state index in [4.69, 9.17) is 5.73 Å². The van der Waals surface area contributed by atoms with Crippen LogP contribution in [0.5, 0.6) is 0 Å². The van der Waals surface area contributed by atoms with E-state index in [9.17, 15) is 9.59 Å². The summed E-state index contributed by atoms with van der Waals surface area (Å²) in [5, 5.41) is 3.04. The maximum atomic E-state index is 12.2. The summed E-state index contributed by atoms with van der Waals surface area (Å²) in [6, 6.07) is 7.85. The van der Waals surface area contributed by atoms with Gasteiger partial charge >= 0.3 is 0 Å². The molecule has 0 unspecified atom stereocenters. The van der Waals surface area contributed by atoms with Crippen molar-refractivity contribution in [1.82, 2.24) is 5.32 Å². The van der Waals surface area contributed by atoms with Crippen molar-refractivity contribution in [3.63, 3.8) is 0 Å². The molecule has 0 saturated carbocycles. The smallest absolute Gasteiger partial charge is 0.275 e. The van der Waals surface area contributed by atoms with Gasteiger partial charge in [-0.2, -0.15) is 0 Å². The van der Waals surface area contributed by atoms with Crippen molar-refractivity contribution in [2.45, 2.75) is 25.8 Å². The van der Waals surface area contributed by atoms with E-state index < -0.39 is 0 Å². The van der Waals surface area contributed by atoms with Crippen LogP contribution in [-0.2, 0) is 9.59 Å². The number of nitrogens with one attached hydrogen (secondary N) is 2. The van der Waals surface area contributed by atoms with Crippen molar-refractivity contribution in [3.8, 4) is 0 Å². The number of carbonyl (C=O) groups excluding carboxylic acids is 2. The molecule has 120 valence electrons. The van der Waals surface area contributed by atoms with E-state index in [1.165, 1.54) is 4.90 Å². The Morgan fingerprint density at radius 1 is 1.36 bits per heavy atom. The van der Waals surface area contributed by atoms with Gasteiger partial charge in [0, 0.05) is 23.2 Å². The minimum Gasteiger partial charge on any atom is -0.369 e. The van der Waals surface area contributed by atoms with Crippen molar-refractivity contribution in [2.75, 3.05) is 19.6 Å². The molecule has 6 heteroatoms. The summed E-state index contributed by atoms with van der Waals surface area (Å²) in [6.45, 7) is 4.07. The maximum absolute atomic E-state index is 12.2. The van der Waals surface area contributed by atoms with Gasteiger partial charge in [-0.15, -0.1) is 0 Å². The predicted molar refractivity (Wildman–Crippen MR) is 88.2 cm³/mol. The molecule has 0 bridgehead atoms. The Morgan fingerprint density at radius 3 is 2.59 bits per heavy atom. The number of rotatable bonds is 5. The lowest BCUT2D eigenvalue weighted by Gasteiger charge is -2.27. The van der Waals surface area contributed by atoms with E-state index in [-0.39, 0.29) is 23.8 Å². The van der Waals surface area contributed by atoms with E-state index in [1.54, 1.807) is 0 Å². The first-order chi connectivity index (χ1) is 10.5. The molecule has 1 heterocycles. The third kappa shape index (κ3) is 4.55. The molecule has 2 amide bonds. The van der Waals surface area contributed by atoms with Gasteiger partial charge in [0.2, 0.25) is 5.91 Å². The first-order valence-electron chi connectivity index (χ1n) is 7.64. The van der Waals surface area contributed by atoms with Crippen molar-refractivity contribution < 1.29 is 14.5 Å². The summed E-state index contributed by atoms with van der Waals surface area (Å²) < 4.78 is 0.998. The lowest BCUT2D eigenvalue weighted by Crippen LogP contribution is -3.14. The number of carbonyl (C=O) groups is 2. The minimum atomic E-state index is -0.217. The molecule has 1 atom stereocenters. The highest BCUT2D eigenvalue weighted by Crippen LogP contribution is 2.22. The summed E-state index contributed by atoms with van der Waals surface area (Å²) in [5.74, 6) is -0.201. The molecule has 1 aromatic carbocycles. The number of amides is 2. The Bertz CT molecular complexity index is 542. The van der Waals surface area contributed by atoms with Crippen molar-refractivity contribution in [1.29, 1.82) is 0 Å². The molecule has 0 aromatic heterocycles. The van der Waals surface area contributed by atoms with Crippen LogP contribution in [0.3, 0.4) is 0 Å². The molecule has 1 fully saturated rings. The van der Waals surface area contributed by atoms with Gasteiger partial charge in [-0.25, -0.2) is 0 Å². The minimum absolute atomic E-state index is 0.0222. The SMILES string of the molecule is C[C@H](NC(=O)C[NH+]1CCC(C(N)=O)CC1)c1ccccc1Br. The molecule has 0 radical (unpaired) electrons.